The van der Waals surface area contributed by atoms with Gasteiger partial charge in [-0.3, -0.25) is 18.9 Å². The lowest BCUT2D eigenvalue weighted by atomic mass is 10.1. The first-order valence-corrected chi connectivity index (χ1v) is 13.3. The summed E-state index contributed by atoms with van der Waals surface area (Å²) in [7, 11) is 3.16. The number of carbonyl (C=O) groups is 1. The lowest BCUT2D eigenvalue weighted by Crippen LogP contribution is -2.30. The van der Waals surface area contributed by atoms with Crippen molar-refractivity contribution in [3.05, 3.63) is 98.8 Å². The Kier molecular flexibility index (Phi) is 7.67. The minimum absolute atomic E-state index is 0.121. The van der Waals surface area contributed by atoms with Crippen LogP contribution in [0.1, 0.15) is 16.7 Å². The first-order chi connectivity index (χ1) is 18.9. The number of methoxy groups -OCH3 is 2. The Bertz CT molecular complexity index is 1680. The van der Waals surface area contributed by atoms with Gasteiger partial charge in [0.05, 0.1) is 19.1 Å². The largest absolute Gasteiger partial charge is 0.493 e. The molecule has 5 rings (SSSR count). The first kappa shape index (κ1) is 26.5. The number of nitrogens with zero attached hydrogens (tertiary/aromatic N) is 3. The van der Waals surface area contributed by atoms with E-state index in [4.69, 9.17) is 26.4 Å². The molecule has 0 aliphatic carbocycles. The van der Waals surface area contributed by atoms with E-state index in [-0.39, 0.29) is 22.9 Å². The zero-order chi connectivity index (χ0) is 27.5. The van der Waals surface area contributed by atoms with Gasteiger partial charge in [-0.2, -0.15) is 4.98 Å². The number of thioether (sulfide) groups is 1. The van der Waals surface area contributed by atoms with Gasteiger partial charge in [0.1, 0.15) is 21.3 Å². The second kappa shape index (κ2) is 11.3. The van der Waals surface area contributed by atoms with Crippen LogP contribution in [0.15, 0.2) is 76.6 Å². The zero-order valence-corrected chi connectivity index (χ0v) is 23.2. The number of ether oxygens (including phenoxy) is 3. The number of pyridine rings is 1. The number of rotatable bonds is 8. The van der Waals surface area contributed by atoms with Gasteiger partial charge in [0, 0.05) is 12.7 Å². The van der Waals surface area contributed by atoms with Crippen molar-refractivity contribution < 1.29 is 19.0 Å². The predicted octanol–water partition coefficient (Wildman–Crippen LogP) is 5.26. The van der Waals surface area contributed by atoms with Gasteiger partial charge in [0.2, 0.25) is 5.88 Å². The van der Waals surface area contributed by atoms with E-state index in [1.807, 2.05) is 43.3 Å². The highest BCUT2D eigenvalue weighted by Gasteiger charge is 2.32. The molecule has 1 fully saturated rings. The van der Waals surface area contributed by atoms with Gasteiger partial charge in [0.25, 0.3) is 11.5 Å². The maximum atomic E-state index is 13.5. The SMILES string of the molecule is COc1ccc(CCN2C(=O)/C(=C\c3c(Oc4ccccc4C)nc4ccccn4c3=O)SC2=S)cc1OC. The number of amides is 1. The Balaban J connectivity index is 1.46. The van der Waals surface area contributed by atoms with Crippen molar-refractivity contribution in [1.82, 2.24) is 14.3 Å². The van der Waals surface area contributed by atoms with Crippen LogP contribution in [0.25, 0.3) is 11.7 Å². The molecule has 1 amide bonds. The van der Waals surface area contributed by atoms with E-state index in [1.54, 1.807) is 44.7 Å². The summed E-state index contributed by atoms with van der Waals surface area (Å²) in [6, 6.07) is 18.4. The number of hydrogen-bond donors (Lipinski definition) is 0. The number of para-hydroxylation sites is 1. The van der Waals surface area contributed by atoms with Gasteiger partial charge in [0.15, 0.2) is 11.5 Å². The van der Waals surface area contributed by atoms with Gasteiger partial charge in [-0.1, -0.05) is 54.3 Å². The quantitative estimate of drug-likeness (QED) is 0.214. The summed E-state index contributed by atoms with van der Waals surface area (Å²) < 4.78 is 18.6. The molecule has 2 aromatic carbocycles. The molecule has 39 heavy (non-hydrogen) atoms. The molecular weight excluding hydrogens is 534 g/mol. The van der Waals surface area contributed by atoms with Crippen LogP contribution < -0.4 is 19.8 Å². The number of benzene rings is 2. The molecule has 1 aliphatic rings. The predicted molar refractivity (Wildman–Crippen MR) is 156 cm³/mol. The number of carbonyl (C=O) groups excluding carboxylic acids is 1. The van der Waals surface area contributed by atoms with Crippen LogP contribution in [0.4, 0.5) is 0 Å². The highest BCUT2D eigenvalue weighted by atomic mass is 32.2. The molecule has 198 valence electrons. The average Bonchev–Trinajstić information content (AvgIpc) is 3.22. The summed E-state index contributed by atoms with van der Waals surface area (Å²) in [5.74, 6) is 1.67. The van der Waals surface area contributed by atoms with Crippen molar-refractivity contribution in [1.29, 1.82) is 0 Å². The van der Waals surface area contributed by atoms with E-state index in [2.05, 4.69) is 4.98 Å². The fourth-order valence-corrected chi connectivity index (χ4v) is 5.45. The fraction of sp³-hybridized carbons (Fsp3) is 0.172. The molecule has 10 heteroatoms. The fourth-order valence-electron chi connectivity index (χ4n) is 4.16. The van der Waals surface area contributed by atoms with Gasteiger partial charge >= 0.3 is 0 Å². The monoisotopic (exact) mass is 559 g/mol. The summed E-state index contributed by atoms with van der Waals surface area (Å²) in [5, 5.41) is 0. The molecule has 8 nitrogen and oxygen atoms in total. The van der Waals surface area contributed by atoms with E-state index < -0.39 is 0 Å². The molecule has 0 saturated carbocycles. The summed E-state index contributed by atoms with van der Waals surface area (Å²) in [4.78, 5) is 33.4. The molecule has 4 aromatic rings. The van der Waals surface area contributed by atoms with Crippen LogP contribution in [0.3, 0.4) is 0 Å². The lowest BCUT2D eigenvalue weighted by Gasteiger charge is -2.15. The molecule has 3 heterocycles. The minimum Gasteiger partial charge on any atom is -0.493 e. The molecule has 2 aromatic heterocycles. The third kappa shape index (κ3) is 5.39. The lowest BCUT2D eigenvalue weighted by molar-refractivity contribution is -0.122. The van der Waals surface area contributed by atoms with Crippen molar-refractivity contribution in [3.8, 4) is 23.1 Å². The van der Waals surface area contributed by atoms with Crippen molar-refractivity contribution >= 4 is 45.9 Å². The Morgan fingerprint density at radius 2 is 1.74 bits per heavy atom. The second-order valence-corrected chi connectivity index (χ2v) is 10.4. The van der Waals surface area contributed by atoms with Crippen LogP contribution in [-0.4, -0.2) is 45.3 Å². The standard InChI is InChI=1S/C29H25N3O5S2/c1-18-8-4-5-9-21(18)37-26-20(27(33)31-14-7-6-10-25(31)30-26)17-24-28(34)32(29(38)39-24)15-13-19-11-12-22(35-2)23(16-19)36-3/h4-12,14,16-17H,13,15H2,1-3H3/b24-17+. The van der Waals surface area contributed by atoms with Gasteiger partial charge in [-0.05, 0) is 60.9 Å². The number of thiocarbonyl (C=S) groups is 1. The van der Waals surface area contributed by atoms with E-state index >= 15 is 0 Å². The van der Waals surface area contributed by atoms with E-state index in [9.17, 15) is 9.59 Å². The smallest absolute Gasteiger partial charge is 0.269 e. The maximum Gasteiger partial charge on any atom is 0.269 e. The highest BCUT2D eigenvalue weighted by Crippen LogP contribution is 2.35. The molecule has 1 saturated heterocycles. The summed E-state index contributed by atoms with van der Waals surface area (Å²) in [6.45, 7) is 2.28. The molecule has 0 atom stereocenters. The van der Waals surface area contributed by atoms with Crippen LogP contribution in [-0.2, 0) is 11.2 Å². The Morgan fingerprint density at radius 3 is 2.51 bits per heavy atom. The molecule has 0 unspecified atom stereocenters. The summed E-state index contributed by atoms with van der Waals surface area (Å²) in [5.41, 5.74) is 2.12. The van der Waals surface area contributed by atoms with Crippen molar-refractivity contribution in [3.63, 3.8) is 0 Å². The molecule has 0 radical (unpaired) electrons. The highest BCUT2D eigenvalue weighted by molar-refractivity contribution is 8.26. The maximum absolute atomic E-state index is 13.5. The number of fused-ring (bicyclic) bond motifs is 1. The van der Waals surface area contributed by atoms with Crippen LogP contribution >= 0.6 is 24.0 Å². The normalized spacial score (nSPS) is 14.3. The average molecular weight is 560 g/mol. The minimum atomic E-state index is -0.347. The van der Waals surface area contributed by atoms with Crippen LogP contribution in [0.2, 0.25) is 0 Å². The molecule has 1 aliphatic heterocycles. The molecular formula is C29H25N3O5S2. The topological polar surface area (TPSA) is 82.4 Å². The number of aromatic nitrogens is 2. The molecule has 0 bridgehead atoms. The van der Waals surface area contributed by atoms with Crippen molar-refractivity contribution in [2.45, 2.75) is 13.3 Å². The second-order valence-electron chi connectivity index (χ2n) is 8.70. The molecule has 0 spiro atoms. The van der Waals surface area contributed by atoms with Crippen molar-refractivity contribution in [2.75, 3.05) is 20.8 Å². The van der Waals surface area contributed by atoms with E-state index in [1.165, 1.54) is 15.4 Å². The van der Waals surface area contributed by atoms with Gasteiger partial charge in [-0.15, -0.1) is 0 Å². The number of aryl methyl sites for hydroxylation is 1. The Hall–Kier alpha value is -4.15. The number of hydrogen-bond acceptors (Lipinski definition) is 8. The van der Waals surface area contributed by atoms with E-state index in [0.717, 1.165) is 22.9 Å². The third-order valence-corrected chi connectivity index (χ3v) is 7.63. The zero-order valence-electron chi connectivity index (χ0n) is 21.5. The Labute approximate surface area is 234 Å². The van der Waals surface area contributed by atoms with Gasteiger partial charge in [-0.25, -0.2) is 0 Å². The summed E-state index contributed by atoms with van der Waals surface area (Å²) >= 11 is 6.68. The van der Waals surface area contributed by atoms with Crippen molar-refractivity contribution in [2.24, 2.45) is 0 Å². The third-order valence-electron chi connectivity index (χ3n) is 6.26. The van der Waals surface area contributed by atoms with E-state index in [0.29, 0.717) is 45.1 Å². The van der Waals surface area contributed by atoms with Crippen LogP contribution in [0.5, 0.6) is 23.1 Å². The van der Waals surface area contributed by atoms with Crippen LogP contribution in [0, 0.1) is 6.92 Å². The molecule has 0 N–H and O–H groups in total. The summed E-state index contributed by atoms with van der Waals surface area (Å²) in [6.07, 6.45) is 3.72. The van der Waals surface area contributed by atoms with Gasteiger partial charge < -0.3 is 14.2 Å². The first-order valence-electron chi connectivity index (χ1n) is 12.1. The Morgan fingerprint density at radius 1 is 0.974 bits per heavy atom.